The van der Waals surface area contributed by atoms with Gasteiger partial charge in [0.2, 0.25) is 10.0 Å². The quantitative estimate of drug-likeness (QED) is 0.795. The van der Waals surface area contributed by atoms with Gasteiger partial charge in [0.25, 0.3) is 5.91 Å². The standard InChI is InChI=1S/C17H24N2O5S/c1-6-17(3,16(21)24-4)18-15(20)12-7-8-14-13(10-12)9-11(2)19(14)25(5,22)23/h7-8,10-11H,6,9H2,1-5H3,(H,18,20)/t11-,17-/m0/s1. The highest BCUT2D eigenvalue weighted by Crippen LogP contribution is 2.34. The number of ether oxygens (including phenoxy) is 1. The van der Waals surface area contributed by atoms with Crippen LogP contribution >= 0.6 is 0 Å². The minimum Gasteiger partial charge on any atom is -0.467 e. The molecule has 25 heavy (non-hydrogen) atoms. The topological polar surface area (TPSA) is 92.8 Å². The SMILES string of the molecule is CC[C@](C)(NC(=O)c1ccc2c(c1)C[C@H](C)N2S(C)(=O)=O)C(=O)OC. The van der Waals surface area contributed by atoms with Gasteiger partial charge in [-0.15, -0.1) is 0 Å². The van der Waals surface area contributed by atoms with Gasteiger partial charge in [0.1, 0.15) is 5.54 Å². The largest absolute Gasteiger partial charge is 0.467 e. The lowest BCUT2D eigenvalue weighted by molar-refractivity contribution is -0.147. The van der Waals surface area contributed by atoms with E-state index in [2.05, 4.69) is 5.32 Å². The number of hydrogen-bond acceptors (Lipinski definition) is 5. The van der Waals surface area contributed by atoms with E-state index in [-0.39, 0.29) is 6.04 Å². The summed E-state index contributed by atoms with van der Waals surface area (Å²) in [6, 6.07) is 4.69. The molecule has 0 aliphatic carbocycles. The van der Waals surface area contributed by atoms with E-state index in [1.54, 1.807) is 32.0 Å². The molecule has 1 aromatic rings. The van der Waals surface area contributed by atoms with Crippen LogP contribution in [0.1, 0.15) is 43.1 Å². The third-order valence-electron chi connectivity index (χ3n) is 4.58. The number of amides is 1. The number of nitrogens with one attached hydrogen (secondary N) is 1. The van der Waals surface area contributed by atoms with Gasteiger partial charge in [-0.05, 0) is 50.5 Å². The first-order valence-corrected chi connectivity index (χ1v) is 9.91. The van der Waals surface area contributed by atoms with Crippen LogP contribution in [0, 0.1) is 0 Å². The van der Waals surface area contributed by atoms with Crippen molar-refractivity contribution in [3.05, 3.63) is 29.3 Å². The predicted molar refractivity (Wildman–Crippen MR) is 95.1 cm³/mol. The molecular formula is C17H24N2O5S. The fourth-order valence-corrected chi connectivity index (χ4v) is 4.34. The van der Waals surface area contributed by atoms with Gasteiger partial charge in [0, 0.05) is 11.6 Å². The molecule has 0 spiro atoms. The molecule has 1 N–H and O–H groups in total. The Morgan fingerprint density at radius 2 is 2.04 bits per heavy atom. The van der Waals surface area contributed by atoms with E-state index < -0.39 is 27.4 Å². The summed E-state index contributed by atoms with van der Waals surface area (Å²) in [6.07, 6.45) is 2.09. The van der Waals surface area contributed by atoms with Crippen LogP contribution in [0.15, 0.2) is 18.2 Å². The van der Waals surface area contributed by atoms with Crippen LogP contribution in [-0.2, 0) is 26.0 Å². The van der Waals surface area contributed by atoms with E-state index in [1.165, 1.54) is 17.7 Å². The molecule has 2 atom stereocenters. The smallest absolute Gasteiger partial charge is 0.331 e. The van der Waals surface area contributed by atoms with E-state index in [0.29, 0.717) is 24.1 Å². The first-order valence-electron chi connectivity index (χ1n) is 8.06. The summed E-state index contributed by atoms with van der Waals surface area (Å²) in [5, 5.41) is 2.71. The van der Waals surface area contributed by atoms with E-state index in [1.807, 2.05) is 6.92 Å². The highest BCUT2D eigenvalue weighted by atomic mass is 32.2. The van der Waals surface area contributed by atoms with Crippen LogP contribution < -0.4 is 9.62 Å². The predicted octanol–water partition coefficient (Wildman–Crippen LogP) is 1.47. The Bertz CT molecular complexity index is 805. The molecule has 2 rings (SSSR count). The van der Waals surface area contributed by atoms with Gasteiger partial charge >= 0.3 is 5.97 Å². The molecule has 1 aromatic carbocycles. The summed E-state index contributed by atoms with van der Waals surface area (Å²) < 4.78 is 30.0. The summed E-state index contributed by atoms with van der Waals surface area (Å²) in [5.41, 5.74) is 0.654. The van der Waals surface area contributed by atoms with E-state index in [0.717, 1.165) is 5.56 Å². The van der Waals surface area contributed by atoms with Gasteiger partial charge in [-0.3, -0.25) is 9.10 Å². The van der Waals surface area contributed by atoms with Crippen LogP contribution in [0.5, 0.6) is 0 Å². The Hall–Kier alpha value is -2.09. The maximum atomic E-state index is 12.5. The number of fused-ring (bicyclic) bond motifs is 1. The lowest BCUT2D eigenvalue weighted by atomic mass is 9.98. The van der Waals surface area contributed by atoms with Gasteiger partial charge < -0.3 is 10.1 Å². The monoisotopic (exact) mass is 368 g/mol. The van der Waals surface area contributed by atoms with Gasteiger partial charge in [0.05, 0.1) is 19.1 Å². The third kappa shape index (κ3) is 3.63. The second-order valence-electron chi connectivity index (χ2n) is 6.59. The molecular weight excluding hydrogens is 344 g/mol. The van der Waals surface area contributed by atoms with Crippen molar-refractivity contribution in [3.8, 4) is 0 Å². The Kier molecular flexibility index (Phi) is 5.13. The number of anilines is 1. The fraction of sp³-hybridized carbons (Fsp3) is 0.529. The normalized spacial score (nSPS) is 19.1. The molecule has 0 saturated heterocycles. The zero-order chi connectivity index (χ0) is 19.0. The third-order valence-corrected chi connectivity index (χ3v) is 5.86. The van der Waals surface area contributed by atoms with Crippen LogP contribution in [0.2, 0.25) is 0 Å². The first-order chi connectivity index (χ1) is 11.5. The minimum absolute atomic E-state index is 0.195. The summed E-state index contributed by atoms with van der Waals surface area (Å²) in [4.78, 5) is 24.5. The van der Waals surface area contributed by atoms with E-state index in [4.69, 9.17) is 4.74 Å². The van der Waals surface area contributed by atoms with Gasteiger partial charge in [-0.2, -0.15) is 0 Å². The highest BCUT2D eigenvalue weighted by Gasteiger charge is 2.36. The summed E-state index contributed by atoms with van der Waals surface area (Å²) >= 11 is 0. The molecule has 0 fully saturated rings. The number of nitrogens with zero attached hydrogens (tertiary/aromatic N) is 1. The molecule has 1 aliphatic rings. The average molecular weight is 368 g/mol. The highest BCUT2D eigenvalue weighted by molar-refractivity contribution is 7.92. The lowest BCUT2D eigenvalue weighted by Crippen LogP contribution is -2.52. The zero-order valence-electron chi connectivity index (χ0n) is 15.1. The number of benzene rings is 1. The fourth-order valence-electron chi connectivity index (χ4n) is 3.08. The van der Waals surface area contributed by atoms with Crippen molar-refractivity contribution >= 4 is 27.6 Å². The molecule has 0 radical (unpaired) electrons. The summed E-state index contributed by atoms with van der Waals surface area (Å²) in [6.45, 7) is 5.22. The van der Waals surface area contributed by atoms with Gasteiger partial charge in [0.15, 0.2) is 0 Å². The maximum absolute atomic E-state index is 12.5. The van der Waals surface area contributed by atoms with Crippen molar-refractivity contribution in [1.82, 2.24) is 5.32 Å². The Balaban J connectivity index is 2.31. The van der Waals surface area contributed by atoms with Crippen molar-refractivity contribution in [2.24, 2.45) is 0 Å². The maximum Gasteiger partial charge on any atom is 0.331 e. The Morgan fingerprint density at radius 1 is 1.40 bits per heavy atom. The second kappa shape index (κ2) is 6.67. The molecule has 0 aromatic heterocycles. The Labute approximate surface area is 148 Å². The molecule has 1 aliphatic heterocycles. The first kappa shape index (κ1) is 19.2. The average Bonchev–Trinajstić information content (AvgIpc) is 2.88. The molecule has 0 saturated carbocycles. The lowest BCUT2D eigenvalue weighted by Gasteiger charge is -2.26. The number of methoxy groups -OCH3 is 1. The molecule has 1 amide bonds. The second-order valence-corrected chi connectivity index (χ2v) is 8.45. The summed E-state index contributed by atoms with van der Waals surface area (Å²) in [5.74, 6) is -0.913. The van der Waals surface area contributed by atoms with Crippen LogP contribution in [0.3, 0.4) is 0 Å². The van der Waals surface area contributed by atoms with Crippen molar-refractivity contribution in [1.29, 1.82) is 0 Å². The van der Waals surface area contributed by atoms with Gasteiger partial charge in [-0.25, -0.2) is 13.2 Å². The van der Waals surface area contributed by atoms with E-state index >= 15 is 0 Å². The number of hydrogen-bond donors (Lipinski definition) is 1. The van der Waals surface area contributed by atoms with E-state index in [9.17, 15) is 18.0 Å². The number of sulfonamides is 1. The number of rotatable bonds is 5. The van der Waals surface area contributed by atoms with Crippen molar-refractivity contribution in [2.75, 3.05) is 17.7 Å². The van der Waals surface area contributed by atoms with Crippen LogP contribution in [-0.4, -0.2) is 45.2 Å². The number of carbonyl (C=O) groups is 2. The molecule has 1 heterocycles. The minimum atomic E-state index is -3.37. The van der Waals surface area contributed by atoms with Crippen LogP contribution in [0.4, 0.5) is 5.69 Å². The number of esters is 1. The molecule has 138 valence electrons. The zero-order valence-corrected chi connectivity index (χ0v) is 15.9. The molecule has 8 heteroatoms. The Morgan fingerprint density at radius 3 is 2.56 bits per heavy atom. The molecule has 0 unspecified atom stereocenters. The van der Waals surface area contributed by atoms with Crippen molar-refractivity contribution in [3.63, 3.8) is 0 Å². The molecule has 0 bridgehead atoms. The number of carbonyl (C=O) groups excluding carboxylic acids is 2. The van der Waals surface area contributed by atoms with Crippen molar-refractivity contribution in [2.45, 2.75) is 45.2 Å². The van der Waals surface area contributed by atoms with Gasteiger partial charge in [-0.1, -0.05) is 6.92 Å². The van der Waals surface area contributed by atoms with Crippen molar-refractivity contribution < 1.29 is 22.7 Å². The molecule has 7 nitrogen and oxygen atoms in total. The summed E-state index contributed by atoms with van der Waals surface area (Å²) in [7, 11) is -2.10. The van der Waals surface area contributed by atoms with Crippen LogP contribution in [0.25, 0.3) is 0 Å².